The second kappa shape index (κ2) is 7.65. The summed E-state index contributed by atoms with van der Waals surface area (Å²) in [6.45, 7) is 0. The first kappa shape index (κ1) is 18.1. The number of hydrogen-bond acceptors (Lipinski definition) is 4. The van der Waals surface area contributed by atoms with E-state index in [1.807, 2.05) is 0 Å². The van der Waals surface area contributed by atoms with Gasteiger partial charge in [-0.05, 0) is 29.8 Å². The van der Waals surface area contributed by atoms with Crippen LogP contribution in [0.5, 0.6) is 0 Å². The Hall–Kier alpha value is -3.75. The van der Waals surface area contributed by atoms with Gasteiger partial charge in [0, 0.05) is 37.3 Å². The van der Waals surface area contributed by atoms with E-state index in [4.69, 9.17) is 0 Å². The van der Waals surface area contributed by atoms with Crippen molar-refractivity contribution < 1.29 is 14.1 Å². The highest BCUT2D eigenvalue weighted by atomic mass is 19.1. The molecule has 0 saturated heterocycles. The standard InChI is InChI=1S/C18H16FN5O3/c1-23-11-10-20-17(23)16(12-2-4-13(19)5-3-12)22-18(25)21-14-6-8-15(9-7-14)24(26)27/h2-11,16H,1H3,(H2,21,22,25)/t16-/m0/s1. The molecule has 0 aliphatic rings. The van der Waals surface area contributed by atoms with Gasteiger partial charge in [0.2, 0.25) is 0 Å². The van der Waals surface area contributed by atoms with Crippen molar-refractivity contribution in [2.45, 2.75) is 6.04 Å². The van der Waals surface area contributed by atoms with Crippen LogP contribution >= 0.6 is 0 Å². The first-order valence-electron chi connectivity index (χ1n) is 7.98. The minimum Gasteiger partial charge on any atom is -0.336 e. The lowest BCUT2D eigenvalue weighted by molar-refractivity contribution is -0.384. The lowest BCUT2D eigenvalue weighted by Gasteiger charge is -2.19. The number of urea groups is 1. The lowest BCUT2D eigenvalue weighted by atomic mass is 10.1. The van der Waals surface area contributed by atoms with Crippen LogP contribution in [-0.2, 0) is 7.05 Å². The van der Waals surface area contributed by atoms with E-state index in [9.17, 15) is 19.3 Å². The molecule has 0 saturated carbocycles. The first-order valence-corrected chi connectivity index (χ1v) is 7.98. The molecule has 3 aromatic rings. The van der Waals surface area contributed by atoms with Gasteiger partial charge in [0.25, 0.3) is 5.69 Å². The molecule has 27 heavy (non-hydrogen) atoms. The van der Waals surface area contributed by atoms with E-state index in [-0.39, 0.29) is 11.5 Å². The number of amides is 2. The molecule has 0 fully saturated rings. The van der Waals surface area contributed by atoms with Crippen LogP contribution in [0.1, 0.15) is 17.4 Å². The Morgan fingerprint density at radius 1 is 1.19 bits per heavy atom. The van der Waals surface area contributed by atoms with Crippen molar-refractivity contribution in [2.75, 3.05) is 5.32 Å². The van der Waals surface area contributed by atoms with Gasteiger partial charge in [0.15, 0.2) is 0 Å². The number of nitrogens with one attached hydrogen (secondary N) is 2. The molecule has 0 radical (unpaired) electrons. The molecule has 2 amide bonds. The fraction of sp³-hybridized carbons (Fsp3) is 0.111. The second-order valence-electron chi connectivity index (χ2n) is 5.78. The van der Waals surface area contributed by atoms with E-state index < -0.39 is 17.0 Å². The molecule has 138 valence electrons. The summed E-state index contributed by atoms with van der Waals surface area (Å²) >= 11 is 0. The smallest absolute Gasteiger partial charge is 0.320 e. The third kappa shape index (κ3) is 4.27. The number of carbonyl (C=O) groups is 1. The predicted octanol–water partition coefficient (Wildman–Crippen LogP) is 3.38. The van der Waals surface area contributed by atoms with Crippen molar-refractivity contribution in [1.29, 1.82) is 0 Å². The Bertz CT molecular complexity index is 954. The molecule has 0 spiro atoms. The summed E-state index contributed by atoms with van der Waals surface area (Å²) in [5, 5.41) is 16.1. The number of anilines is 1. The van der Waals surface area contributed by atoms with Crippen LogP contribution < -0.4 is 10.6 Å². The fourth-order valence-corrected chi connectivity index (χ4v) is 2.57. The van der Waals surface area contributed by atoms with Crippen molar-refractivity contribution in [2.24, 2.45) is 7.05 Å². The molecule has 0 aliphatic carbocycles. The maximum atomic E-state index is 13.2. The fourth-order valence-electron chi connectivity index (χ4n) is 2.57. The van der Waals surface area contributed by atoms with E-state index in [2.05, 4.69) is 15.6 Å². The maximum Gasteiger partial charge on any atom is 0.320 e. The molecule has 3 rings (SSSR count). The maximum absolute atomic E-state index is 13.2. The molecule has 0 aliphatic heterocycles. The first-order chi connectivity index (χ1) is 12.9. The van der Waals surface area contributed by atoms with Gasteiger partial charge in [-0.15, -0.1) is 0 Å². The highest BCUT2D eigenvalue weighted by Gasteiger charge is 2.21. The van der Waals surface area contributed by atoms with Gasteiger partial charge in [-0.1, -0.05) is 12.1 Å². The third-order valence-corrected chi connectivity index (χ3v) is 3.93. The molecule has 0 bridgehead atoms. The molecular weight excluding hydrogens is 353 g/mol. The third-order valence-electron chi connectivity index (χ3n) is 3.93. The number of aromatic nitrogens is 2. The Balaban J connectivity index is 1.79. The minimum absolute atomic E-state index is 0.0712. The summed E-state index contributed by atoms with van der Waals surface area (Å²) in [4.78, 5) is 26.9. The Labute approximate surface area is 153 Å². The number of imidazole rings is 1. The summed E-state index contributed by atoms with van der Waals surface area (Å²) in [6.07, 6.45) is 3.34. The highest BCUT2D eigenvalue weighted by molar-refractivity contribution is 5.89. The number of halogens is 1. The Morgan fingerprint density at radius 3 is 2.41 bits per heavy atom. The Morgan fingerprint density at radius 2 is 1.85 bits per heavy atom. The molecule has 9 heteroatoms. The van der Waals surface area contributed by atoms with Gasteiger partial charge in [0.05, 0.1) is 4.92 Å². The number of nitrogens with zero attached hydrogens (tertiary/aromatic N) is 3. The van der Waals surface area contributed by atoms with Crippen molar-refractivity contribution in [3.63, 3.8) is 0 Å². The molecule has 2 N–H and O–H groups in total. The van der Waals surface area contributed by atoms with E-state index in [1.165, 1.54) is 36.4 Å². The van der Waals surface area contributed by atoms with E-state index in [1.54, 1.807) is 36.1 Å². The van der Waals surface area contributed by atoms with Crippen LogP contribution in [0.4, 0.5) is 20.6 Å². The summed E-state index contributed by atoms with van der Waals surface area (Å²) in [5.41, 5.74) is 0.985. The number of non-ortho nitro benzene ring substituents is 1. The van der Waals surface area contributed by atoms with E-state index in [0.29, 0.717) is 17.1 Å². The molecular formula is C18H16FN5O3. The van der Waals surface area contributed by atoms with Crippen LogP contribution in [0.25, 0.3) is 0 Å². The van der Waals surface area contributed by atoms with Crippen LogP contribution in [0, 0.1) is 15.9 Å². The van der Waals surface area contributed by atoms with E-state index >= 15 is 0 Å². The number of aryl methyl sites for hydroxylation is 1. The predicted molar refractivity (Wildman–Crippen MR) is 96.7 cm³/mol. The summed E-state index contributed by atoms with van der Waals surface area (Å²) in [6, 6.07) is 10.1. The van der Waals surface area contributed by atoms with Gasteiger partial charge in [-0.3, -0.25) is 10.1 Å². The number of nitro groups is 1. The SMILES string of the molecule is Cn1ccnc1[C@@H](NC(=O)Nc1ccc([N+](=O)[O-])cc1)c1ccc(F)cc1. The zero-order chi connectivity index (χ0) is 19.4. The van der Waals surface area contributed by atoms with Gasteiger partial charge in [-0.2, -0.15) is 0 Å². The topological polar surface area (TPSA) is 102 Å². The van der Waals surface area contributed by atoms with Crippen molar-refractivity contribution >= 4 is 17.4 Å². The molecule has 1 aromatic heterocycles. The number of carbonyl (C=O) groups excluding carboxylic acids is 1. The number of benzene rings is 2. The quantitative estimate of drug-likeness (QED) is 0.532. The number of hydrogen-bond donors (Lipinski definition) is 2. The van der Waals surface area contributed by atoms with Crippen molar-refractivity contribution in [3.8, 4) is 0 Å². The number of rotatable bonds is 5. The van der Waals surface area contributed by atoms with Gasteiger partial charge < -0.3 is 15.2 Å². The summed E-state index contributed by atoms with van der Waals surface area (Å²) in [7, 11) is 1.79. The highest BCUT2D eigenvalue weighted by Crippen LogP contribution is 2.21. The average Bonchev–Trinajstić information content (AvgIpc) is 3.07. The Kier molecular flexibility index (Phi) is 5.11. The lowest BCUT2D eigenvalue weighted by Crippen LogP contribution is -2.34. The number of nitro benzene ring substituents is 1. The van der Waals surface area contributed by atoms with Gasteiger partial charge >= 0.3 is 6.03 Å². The molecule has 1 atom stereocenters. The van der Waals surface area contributed by atoms with Crippen LogP contribution in [0.15, 0.2) is 60.9 Å². The van der Waals surface area contributed by atoms with Gasteiger partial charge in [-0.25, -0.2) is 14.2 Å². The van der Waals surface area contributed by atoms with Crippen LogP contribution in [-0.4, -0.2) is 20.5 Å². The summed E-state index contributed by atoms with van der Waals surface area (Å²) in [5.74, 6) is 0.188. The normalized spacial score (nSPS) is 11.6. The largest absolute Gasteiger partial charge is 0.336 e. The average molecular weight is 369 g/mol. The van der Waals surface area contributed by atoms with Crippen molar-refractivity contribution in [1.82, 2.24) is 14.9 Å². The molecule has 2 aromatic carbocycles. The van der Waals surface area contributed by atoms with Gasteiger partial charge in [0.1, 0.15) is 17.7 Å². The molecule has 1 heterocycles. The zero-order valence-corrected chi connectivity index (χ0v) is 14.3. The van der Waals surface area contributed by atoms with E-state index in [0.717, 1.165) is 0 Å². The van der Waals surface area contributed by atoms with Crippen molar-refractivity contribution in [3.05, 3.63) is 88.2 Å². The molecule has 8 nitrogen and oxygen atoms in total. The monoisotopic (exact) mass is 369 g/mol. The molecule has 0 unspecified atom stereocenters. The van der Waals surface area contributed by atoms with Crippen LogP contribution in [0.2, 0.25) is 0 Å². The summed E-state index contributed by atoms with van der Waals surface area (Å²) < 4.78 is 15.0. The minimum atomic E-state index is -0.608. The zero-order valence-electron chi connectivity index (χ0n) is 14.3. The van der Waals surface area contributed by atoms with Crippen LogP contribution in [0.3, 0.4) is 0 Å². The second-order valence-corrected chi connectivity index (χ2v) is 5.78.